The van der Waals surface area contributed by atoms with Gasteiger partial charge in [-0.2, -0.15) is 31.3 Å². The lowest BCUT2D eigenvalue weighted by Crippen LogP contribution is -2.41. The SMILES string of the molecule is NCC(Cn1nnn(Cc2cccc(Cc3ccc4c(c3)CCC(=O)N4OC(=O)C(F)(F)F)c2)c1=O)=C(F)F. The lowest BCUT2D eigenvalue weighted by Gasteiger charge is -2.28. The zero-order chi connectivity index (χ0) is 28.3. The van der Waals surface area contributed by atoms with E-state index in [1.165, 1.54) is 6.07 Å². The third-order valence-corrected chi connectivity index (χ3v) is 5.89. The summed E-state index contributed by atoms with van der Waals surface area (Å²) in [6.07, 6.45) is -6.70. The molecule has 1 amide bonds. The average Bonchev–Trinajstić information content (AvgIpc) is 3.22. The Morgan fingerprint density at radius 3 is 2.36 bits per heavy atom. The number of nitrogens with zero attached hydrogens (tertiary/aromatic N) is 5. The van der Waals surface area contributed by atoms with E-state index in [9.17, 15) is 36.3 Å². The molecule has 2 N–H and O–H groups in total. The molecule has 39 heavy (non-hydrogen) atoms. The van der Waals surface area contributed by atoms with Gasteiger partial charge in [-0.25, -0.2) is 9.59 Å². The fraction of sp³-hybridized carbons (Fsp3) is 0.292. The minimum Gasteiger partial charge on any atom is -0.327 e. The highest BCUT2D eigenvalue weighted by molar-refractivity contribution is 5.96. The van der Waals surface area contributed by atoms with Gasteiger partial charge in [0.25, 0.3) is 12.0 Å². The highest BCUT2D eigenvalue weighted by Crippen LogP contribution is 2.31. The molecule has 0 aliphatic carbocycles. The van der Waals surface area contributed by atoms with Crippen molar-refractivity contribution in [1.82, 2.24) is 19.8 Å². The van der Waals surface area contributed by atoms with E-state index < -0.39 is 48.5 Å². The van der Waals surface area contributed by atoms with Crippen molar-refractivity contribution >= 4 is 17.6 Å². The Labute approximate surface area is 217 Å². The van der Waals surface area contributed by atoms with Crippen LogP contribution in [0.1, 0.15) is 28.7 Å². The molecule has 0 saturated heterocycles. The molecule has 0 spiro atoms. The summed E-state index contributed by atoms with van der Waals surface area (Å²) in [5.41, 5.74) is 7.05. The Morgan fingerprint density at radius 2 is 1.67 bits per heavy atom. The van der Waals surface area contributed by atoms with Gasteiger partial charge in [-0.3, -0.25) is 4.79 Å². The third-order valence-electron chi connectivity index (χ3n) is 5.89. The van der Waals surface area contributed by atoms with E-state index in [1.807, 2.05) is 6.07 Å². The second-order valence-electron chi connectivity index (χ2n) is 8.67. The molecular formula is C24H21F5N6O4. The maximum atomic E-state index is 12.9. The van der Waals surface area contributed by atoms with Crippen LogP contribution in [-0.4, -0.2) is 44.4 Å². The summed E-state index contributed by atoms with van der Waals surface area (Å²) in [7, 11) is 0. The number of nitrogens with two attached hydrogens (primary N) is 1. The molecule has 0 radical (unpaired) electrons. The van der Waals surface area contributed by atoms with E-state index in [1.54, 1.807) is 30.3 Å². The van der Waals surface area contributed by atoms with Gasteiger partial charge in [0.1, 0.15) is 0 Å². The standard InChI is InChI=1S/C24H21F5N6O4/c25-21(26)18(11-30)13-34-23(38)33(31-32-34)12-16-3-1-2-14(9-16)8-15-4-6-19-17(10-15)5-7-20(36)35(19)39-22(37)24(27,28)29/h1-4,6,9-10H,5,7-8,11-13,30H2. The fourth-order valence-electron chi connectivity index (χ4n) is 3.99. The number of hydroxylamine groups is 1. The van der Waals surface area contributed by atoms with Crippen molar-refractivity contribution in [3.8, 4) is 0 Å². The van der Waals surface area contributed by atoms with Crippen LogP contribution in [0.2, 0.25) is 0 Å². The Bertz CT molecular complexity index is 1490. The summed E-state index contributed by atoms with van der Waals surface area (Å²) in [5, 5.41) is 7.74. The van der Waals surface area contributed by atoms with Gasteiger partial charge >= 0.3 is 17.8 Å². The number of alkyl halides is 3. The highest BCUT2D eigenvalue weighted by Gasteiger charge is 2.44. The van der Waals surface area contributed by atoms with Crippen molar-refractivity contribution in [2.24, 2.45) is 5.73 Å². The van der Waals surface area contributed by atoms with Crippen LogP contribution in [-0.2, 0) is 40.4 Å². The summed E-state index contributed by atoms with van der Waals surface area (Å²) < 4.78 is 65.4. The van der Waals surface area contributed by atoms with Crippen LogP contribution in [0, 0.1) is 0 Å². The van der Waals surface area contributed by atoms with E-state index in [0.717, 1.165) is 20.5 Å². The monoisotopic (exact) mass is 552 g/mol. The highest BCUT2D eigenvalue weighted by atomic mass is 19.4. The Hall–Kier alpha value is -4.40. The van der Waals surface area contributed by atoms with E-state index in [2.05, 4.69) is 15.3 Å². The molecule has 1 aliphatic rings. The first-order chi connectivity index (χ1) is 18.5. The Kier molecular flexibility index (Phi) is 7.90. The third kappa shape index (κ3) is 6.37. The summed E-state index contributed by atoms with van der Waals surface area (Å²) in [4.78, 5) is 40.2. The summed E-state index contributed by atoms with van der Waals surface area (Å²) in [6, 6.07) is 11.9. The van der Waals surface area contributed by atoms with E-state index in [4.69, 9.17) is 5.73 Å². The number of amides is 1. The molecule has 15 heteroatoms. The zero-order valence-corrected chi connectivity index (χ0v) is 20.1. The second kappa shape index (κ2) is 11.1. The van der Waals surface area contributed by atoms with Crippen molar-refractivity contribution in [2.75, 3.05) is 11.6 Å². The minimum atomic E-state index is -5.25. The van der Waals surface area contributed by atoms with Gasteiger partial charge in [0, 0.05) is 18.5 Å². The number of carbonyl (C=O) groups is 2. The molecule has 2 heterocycles. The number of aryl methyl sites for hydroxylation is 1. The van der Waals surface area contributed by atoms with Crippen molar-refractivity contribution in [2.45, 2.75) is 38.5 Å². The predicted octanol–water partition coefficient (Wildman–Crippen LogP) is 2.49. The molecule has 3 aromatic rings. The number of fused-ring (bicyclic) bond motifs is 1. The van der Waals surface area contributed by atoms with E-state index in [0.29, 0.717) is 22.6 Å². The lowest BCUT2D eigenvalue weighted by molar-refractivity contribution is -0.201. The average molecular weight is 552 g/mol. The molecule has 1 aromatic heterocycles. The molecule has 1 aliphatic heterocycles. The molecule has 10 nitrogen and oxygen atoms in total. The Balaban J connectivity index is 1.49. The van der Waals surface area contributed by atoms with Gasteiger partial charge in [0.2, 0.25) is 0 Å². The smallest absolute Gasteiger partial charge is 0.327 e. The van der Waals surface area contributed by atoms with Crippen LogP contribution >= 0.6 is 0 Å². The number of anilines is 1. The van der Waals surface area contributed by atoms with Gasteiger partial charge in [-0.15, -0.1) is 5.06 Å². The van der Waals surface area contributed by atoms with Crippen LogP contribution < -0.4 is 16.5 Å². The van der Waals surface area contributed by atoms with Crippen LogP contribution in [0.15, 0.2) is 58.9 Å². The topological polar surface area (TPSA) is 125 Å². The second-order valence-corrected chi connectivity index (χ2v) is 8.67. The van der Waals surface area contributed by atoms with Gasteiger partial charge < -0.3 is 10.6 Å². The lowest BCUT2D eigenvalue weighted by atomic mass is 9.96. The Morgan fingerprint density at radius 1 is 0.974 bits per heavy atom. The fourth-order valence-corrected chi connectivity index (χ4v) is 3.99. The minimum absolute atomic E-state index is 0.0261. The number of rotatable bonds is 8. The van der Waals surface area contributed by atoms with Crippen molar-refractivity contribution in [1.29, 1.82) is 0 Å². The van der Waals surface area contributed by atoms with Crippen LogP contribution in [0.4, 0.5) is 27.6 Å². The number of halogens is 5. The number of tetrazole rings is 1. The molecule has 206 valence electrons. The molecule has 0 saturated carbocycles. The van der Waals surface area contributed by atoms with Gasteiger partial charge in [0.05, 0.1) is 18.8 Å². The number of hydrogen-bond donors (Lipinski definition) is 1. The summed E-state index contributed by atoms with van der Waals surface area (Å²) >= 11 is 0. The van der Waals surface area contributed by atoms with E-state index >= 15 is 0 Å². The van der Waals surface area contributed by atoms with Crippen molar-refractivity contribution < 1.29 is 36.4 Å². The summed E-state index contributed by atoms with van der Waals surface area (Å²) in [5.74, 6) is -3.26. The zero-order valence-electron chi connectivity index (χ0n) is 20.1. The van der Waals surface area contributed by atoms with Crippen LogP contribution in [0.3, 0.4) is 0 Å². The predicted molar refractivity (Wildman–Crippen MR) is 125 cm³/mol. The maximum absolute atomic E-state index is 12.9. The normalized spacial score (nSPS) is 13.3. The van der Waals surface area contributed by atoms with Gasteiger partial charge in [-0.05, 0) is 51.6 Å². The molecule has 2 aromatic carbocycles. The molecule has 4 rings (SSSR count). The van der Waals surface area contributed by atoms with Crippen LogP contribution in [0.25, 0.3) is 0 Å². The number of benzene rings is 2. The molecule has 0 atom stereocenters. The van der Waals surface area contributed by atoms with Crippen molar-refractivity contribution in [3.63, 3.8) is 0 Å². The first-order valence-corrected chi connectivity index (χ1v) is 11.5. The molecular weight excluding hydrogens is 531 g/mol. The van der Waals surface area contributed by atoms with Gasteiger partial charge in [0.15, 0.2) is 0 Å². The van der Waals surface area contributed by atoms with Crippen LogP contribution in [0.5, 0.6) is 0 Å². The largest absolute Gasteiger partial charge is 0.493 e. The molecule has 0 unspecified atom stereocenters. The van der Waals surface area contributed by atoms with Crippen molar-refractivity contribution in [3.05, 3.63) is 86.9 Å². The molecule has 0 fully saturated rings. The van der Waals surface area contributed by atoms with E-state index in [-0.39, 0.29) is 25.1 Å². The number of carbonyl (C=O) groups excluding carboxylic acids is 2. The molecule has 0 bridgehead atoms. The summed E-state index contributed by atoms with van der Waals surface area (Å²) in [6.45, 7) is -0.883. The van der Waals surface area contributed by atoms with Gasteiger partial charge in [-0.1, -0.05) is 36.4 Å². The number of hydrogen-bond acceptors (Lipinski definition) is 7. The maximum Gasteiger partial charge on any atom is 0.493 e. The number of aromatic nitrogens is 4. The quantitative estimate of drug-likeness (QED) is 0.426. The first kappa shape index (κ1) is 27.6. The first-order valence-electron chi connectivity index (χ1n) is 11.5.